The van der Waals surface area contributed by atoms with E-state index in [0.29, 0.717) is 12.0 Å². The maximum Gasteiger partial charge on any atom is 0.126 e. The van der Waals surface area contributed by atoms with Gasteiger partial charge >= 0.3 is 0 Å². The van der Waals surface area contributed by atoms with E-state index in [1.165, 1.54) is 12.1 Å². The molecule has 0 aliphatic carbocycles. The molecule has 2 atom stereocenters. The zero-order chi connectivity index (χ0) is 12.8. The smallest absolute Gasteiger partial charge is 0.126 e. The highest BCUT2D eigenvalue weighted by molar-refractivity contribution is 5.21. The summed E-state index contributed by atoms with van der Waals surface area (Å²) in [6, 6.07) is 3.13. The van der Waals surface area contributed by atoms with Gasteiger partial charge in [0, 0.05) is 19.2 Å². The number of ether oxygens (including phenoxy) is 1. The first kappa shape index (κ1) is 14.0. The van der Waals surface area contributed by atoms with Crippen molar-refractivity contribution in [3.63, 3.8) is 0 Å². The van der Waals surface area contributed by atoms with E-state index >= 15 is 0 Å². The van der Waals surface area contributed by atoms with E-state index < -0.39 is 11.6 Å². The number of halogens is 2. The third kappa shape index (κ3) is 4.38. The SMILES string of the molecule is COC(C)CCC(NN)c1cc(F)cc(F)c1. The van der Waals surface area contributed by atoms with Crippen LogP contribution in [-0.2, 0) is 4.74 Å². The molecule has 0 saturated heterocycles. The number of rotatable bonds is 6. The Balaban J connectivity index is 2.72. The van der Waals surface area contributed by atoms with Gasteiger partial charge in [-0.15, -0.1) is 0 Å². The van der Waals surface area contributed by atoms with Crippen molar-refractivity contribution in [2.75, 3.05) is 7.11 Å². The molecule has 0 saturated carbocycles. The fourth-order valence-electron chi connectivity index (χ4n) is 1.64. The number of hydrogen-bond donors (Lipinski definition) is 2. The Kier molecular flexibility index (Phi) is 5.47. The molecule has 1 rings (SSSR count). The second-order valence-corrected chi connectivity index (χ2v) is 4.05. The summed E-state index contributed by atoms with van der Waals surface area (Å²) in [5, 5.41) is 0. The topological polar surface area (TPSA) is 47.3 Å². The van der Waals surface area contributed by atoms with Crippen molar-refractivity contribution in [1.29, 1.82) is 0 Å². The quantitative estimate of drug-likeness (QED) is 0.596. The van der Waals surface area contributed by atoms with Gasteiger partial charge in [-0.1, -0.05) is 0 Å². The molecule has 3 nitrogen and oxygen atoms in total. The lowest BCUT2D eigenvalue weighted by Gasteiger charge is -2.18. The molecule has 5 heteroatoms. The number of hydrazine groups is 1. The number of benzene rings is 1. The Morgan fingerprint density at radius 3 is 2.29 bits per heavy atom. The second-order valence-electron chi connectivity index (χ2n) is 4.05. The van der Waals surface area contributed by atoms with E-state index in [9.17, 15) is 8.78 Å². The maximum atomic E-state index is 13.1. The molecule has 96 valence electrons. The second kappa shape index (κ2) is 6.64. The minimum absolute atomic E-state index is 0.0873. The molecular formula is C12H18F2N2O. The normalized spacial score (nSPS) is 14.6. The molecule has 3 N–H and O–H groups in total. The summed E-state index contributed by atoms with van der Waals surface area (Å²) in [5.74, 6) is 4.20. The molecule has 0 fully saturated rings. The van der Waals surface area contributed by atoms with Crippen LogP contribution in [0.4, 0.5) is 8.78 Å². The minimum Gasteiger partial charge on any atom is -0.382 e. The van der Waals surface area contributed by atoms with Crippen LogP contribution in [0.15, 0.2) is 18.2 Å². The molecule has 0 aliphatic heterocycles. The van der Waals surface area contributed by atoms with E-state index in [0.717, 1.165) is 12.5 Å². The van der Waals surface area contributed by atoms with Gasteiger partial charge in [-0.05, 0) is 37.5 Å². The number of nitrogens with two attached hydrogens (primary N) is 1. The van der Waals surface area contributed by atoms with Crippen molar-refractivity contribution in [2.45, 2.75) is 31.9 Å². The van der Waals surface area contributed by atoms with Gasteiger partial charge in [0.15, 0.2) is 0 Å². The van der Waals surface area contributed by atoms with Gasteiger partial charge in [-0.2, -0.15) is 0 Å². The van der Waals surface area contributed by atoms with Gasteiger partial charge in [-0.25, -0.2) is 8.78 Å². The van der Waals surface area contributed by atoms with Gasteiger partial charge in [0.2, 0.25) is 0 Å². The van der Waals surface area contributed by atoms with Crippen molar-refractivity contribution in [2.24, 2.45) is 5.84 Å². The van der Waals surface area contributed by atoms with Crippen LogP contribution in [0.5, 0.6) is 0 Å². The van der Waals surface area contributed by atoms with Gasteiger partial charge in [0.1, 0.15) is 11.6 Å². The van der Waals surface area contributed by atoms with Crippen molar-refractivity contribution in [3.8, 4) is 0 Å². The third-order valence-electron chi connectivity index (χ3n) is 2.75. The molecule has 1 aromatic rings. The fourth-order valence-corrected chi connectivity index (χ4v) is 1.64. The Labute approximate surface area is 99.9 Å². The summed E-state index contributed by atoms with van der Waals surface area (Å²) in [6.45, 7) is 1.93. The van der Waals surface area contributed by atoms with Crippen LogP contribution in [0.1, 0.15) is 31.4 Å². The fraction of sp³-hybridized carbons (Fsp3) is 0.500. The van der Waals surface area contributed by atoms with E-state index in [4.69, 9.17) is 10.6 Å². The molecule has 0 amide bonds. The van der Waals surface area contributed by atoms with Crippen molar-refractivity contribution < 1.29 is 13.5 Å². The average molecular weight is 244 g/mol. The van der Waals surface area contributed by atoms with Crippen molar-refractivity contribution in [1.82, 2.24) is 5.43 Å². The summed E-state index contributed by atoms with van der Waals surface area (Å²) >= 11 is 0. The molecule has 0 radical (unpaired) electrons. The summed E-state index contributed by atoms with van der Waals surface area (Å²) in [6.07, 6.45) is 1.49. The highest BCUT2D eigenvalue weighted by atomic mass is 19.1. The first-order chi connectivity index (χ1) is 8.06. The third-order valence-corrected chi connectivity index (χ3v) is 2.75. The lowest BCUT2D eigenvalue weighted by molar-refractivity contribution is 0.106. The van der Waals surface area contributed by atoms with E-state index in [1.807, 2.05) is 6.92 Å². The lowest BCUT2D eigenvalue weighted by atomic mass is 10.0. The summed E-state index contributed by atoms with van der Waals surface area (Å²) in [4.78, 5) is 0. The first-order valence-electron chi connectivity index (χ1n) is 5.51. The van der Waals surface area contributed by atoms with E-state index in [1.54, 1.807) is 7.11 Å². The predicted molar refractivity (Wildman–Crippen MR) is 62.1 cm³/mol. The van der Waals surface area contributed by atoms with Crippen LogP contribution < -0.4 is 11.3 Å². The molecule has 0 heterocycles. The minimum atomic E-state index is -0.597. The first-order valence-corrected chi connectivity index (χ1v) is 5.51. The Hall–Kier alpha value is -1.04. The summed E-state index contributed by atoms with van der Waals surface area (Å²) in [7, 11) is 1.62. The maximum absolute atomic E-state index is 13.1. The van der Waals surface area contributed by atoms with E-state index in [2.05, 4.69) is 5.43 Å². The zero-order valence-electron chi connectivity index (χ0n) is 10.0. The van der Waals surface area contributed by atoms with Crippen LogP contribution in [-0.4, -0.2) is 13.2 Å². The van der Waals surface area contributed by atoms with Crippen LogP contribution in [0.3, 0.4) is 0 Å². The van der Waals surface area contributed by atoms with Gasteiger partial charge in [-0.3, -0.25) is 11.3 Å². The largest absolute Gasteiger partial charge is 0.382 e. The highest BCUT2D eigenvalue weighted by Crippen LogP contribution is 2.21. The summed E-state index contributed by atoms with van der Waals surface area (Å²) in [5.41, 5.74) is 3.07. The monoisotopic (exact) mass is 244 g/mol. The van der Waals surface area contributed by atoms with Crippen LogP contribution >= 0.6 is 0 Å². The van der Waals surface area contributed by atoms with Crippen LogP contribution in [0.25, 0.3) is 0 Å². The van der Waals surface area contributed by atoms with Crippen molar-refractivity contribution >= 4 is 0 Å². The molecular weight excluding hydrogens is 226 g/mol. The zero-order valence-corrected chi connectivity index (χ0v) is 10.0. The average Bonchev–Trinajstić information content (AvgIpc) is 2.28. The molecule has 0 aliphatic rings. The highest BCUT2D eigenvalue weighted by Gasteiger charge is 2.13. The molecule has 0 spiro atoms. The molecule has 0 bridgehead atoms. The van der Waals surface area contributed by atoms with Crippen LogP contribution in [0, 0.1) is 11.6 Å². The van der Waals surface area contributed by atoms with E-state index in [-0.39, 0.29) is 12.1 Å². The number of hydrogen-bond acceptors (Lipinski definition) is 3. The summed E-state index contributed by atoms with van der Waals surface area (Å²) < 4.78 is 31.2. The van der Waals surface area contributed by atoms with Gasteiger partial charge < -0.3 is 4.74 Å². The molecule has 17 heavy (non-hydrogen) atoms. The number of nitrogens with one attached hydrogen (secondary N) is 1. The number of methoxy groups -OCH3 is 1. The lowest BCUT2D eigenvalue weighted by Crippen LogP contribution is -2.29. The molecule has 1 aromatic carbocycles. The van der Waals surface area contributed by atoms with Gasteiger partial charge in [0.25, 0.3) is 0 Å². The Bertz CT molecular complexity index is 340. The molecule has 2 unspecified atom stereocenters. The Morgan fingerprint density at radius 2 is 1.82 bits per heavy atom. The van der Waals surface area contributed by atoms with Crippen molar-refractivity contribution in [3.05, 3.63) is 35.4 Å². The Morgan fingerprint density at radius 1 is 1.24 bits per heavy atom. The predicted octanol–water partition coefficient (Wildman–Crippen LogP) is 2.28. The molecule has 0 aromatic heterocycles. The standard InChI is InChI=1S/C12H18F2N2O/c1-8(17-2)3-4-12(16-15)9-5-10(13)7-11(14)6-9/h5-8,12,16H,3-4,15H2,1-2H3. The van der Waals surface area contributed by atoms with Crippen LogP contribution in [0.2, 0.25) is 0 Å². The van der Waals surface area contributed by atoms with Gasteiger partial charge in [0.05, 0.1) is 6.10 Å².